The van der Waals surface area contributed by atoms with Crippen LogP contribution in [0.25, 0.3) is 5.69 Å². The molecular formula is C21H18ClFN4O3S. The standard InChI is InChI=1S/C21H18ClFN4O3S/c22-12-5-7-17-14(11-12)19(13-3-1-2-4-15(13)23)24-16(6-8-18(29)30)20-25-26-21(27(17)20)31-10-9-28/h1-5,7,11,16,28H,6,8-10H2,(H,29,30)/t16-/m0/s1. The van der Waals surface area contributed by atoms with Crippen molar-refractivity contribution >= 4 is 35.0 Å². The van der Waals surface area contributed by atoms with E-state index in [1.54, 1.807) is 41.0 Å². The van der Waals surface area contributed by atoms with Crippen LogP contribution in [0.3, 0.4) is 0 Å². The molecule has 0 fully saturated rings. The zero-order valence-corrected chi connectivity index (χ0v) is 17.8. The van der Waals surface area contributed by atoms with Crippen LogP contribution in [0, 0.1) is 5.82 Å². The molecule has 160 valence electrons. The number of carbonyl (C=O) groups is 1. The minimum Gasteiger partial charge on any atom is -0.481 e. The molecule has 0 amide bonds. The van der Waals surface area contributed by atoms with Crippen LogP contribution in [0.1, 0.15) is 35.8 Å². The Bertz CT molecular complexity index is 1170. The molecule has 1 aliphatic heterocycles. The van der Waals surface area contributed by atoms with E-state index >= 15 is 0 Å². The molecule has 0 radical (unpaired) electrons. The summed E-state index contributed by atoms with van der Waals surface area (Å²) in [6.45, 7) is -0.0419. The van der Waals surface area contributed by atoms with E-state index in [0.717, 1.165) is 0 Å². The van der Waals surface area contributed by atoms with Crippen LogP contribution in [0.2, 0.25) is 5.02 Å². The van der Waals surface area contributed by atoms with E-state index < -0.39 is 17.8 Å². The fraction of sp³-hybridized carbons (Fsp3) is 0.238. The topological polar surface area (TPSA) is 101 Å². The molecule has 0 saturated heterocycles. The van der Waals surface area contributed by atoms with Crippen LogP contribution in [-0.4, -0.2) is 49.0 Å². The number of benzene rings is 2. The number of halogens is 2. The molecule has 2 aromatic carbocycles. The molecule has 0 bridgehead atoms. The molecule has 0 aliphatic carbocycles. The van der Waals surface area contributed by atoms with Gasteiger partial charge in [0.2, 0.25) is 0 Å². The average molecular weight is 461 g/mol. The molecule has 1 atom stereocenters. The highest BCUT2D eigenvalue weighted by molar-refractivity contribution is 7.99. The van der Waals surface area contributed by atoms with Crippen molar-refractivity contribution < 1.29 is 19.4 Å². The summed E-state index contributed by atoms with van der Waals surface area (Å²) in [5.74, 6) is -0.552. The summed E-state index contributed by atoms with van der Waals surface area (Å²) in [4.78, 5) is 16.0. The Balaban J connectivity index is 1.97. The second kappa shape index (κ2) is 9.17. The van der Waals surface area contributed by atoms with Crippen molar-refractivity contribution in [2.75, 3.05) is 12.4 Å². The Labute approximate surface area is 186 Å². The molecular weight excluding hydrogens is 443 g/mol. The molecule has 31 heavy (non-hydrogen) atoms. The van der Waals surface area contributed by atoms with Gasteiger partial charge in [0, 0.05) is 28.3 Å². The Kier molecular flexibility index (Phi) is 6.35. The van der Waals surface area contributed by atoms with Gasteiger partial charge in [-0.2, -0.15) is 0 Å². The third-order valence-corrected chi connectivity index (χ3v) is 5.92. The molecule has 1 aromatic heterocycles. The molecule has 7 nitrogen and oxygen atoms in total. The van der Waals surface area contributed by atoms with Crippen LogP contribution >= 0.6 is 23.4 Å². The van der Waals surface area contributed by atoms with Crippen LogP contribution < -0.4 is 0 Å². The van der Waals surface area contributed by atoms with E-state index in [0.29, 0.717) is 38.7 Å². The number of carboxylic acids is 1. The van der Waals surface area contributed by atoms with E-state index in [2.05, 4.69) is 10.2 Å². The van der Waals surface area contributed by atoms with E-state index in [4.69, 9.17) is 16.6 Å². The first-order valence-corrected chi connectivity index (χ1v) is 10.9. The maximum atomic E-state index is 14.8. The number of thioether (sulfide) groups is 1. The molecule has 1 aliphatic rings. The quantitative estimate of drug-likeness (QED) is 0.518. The van der Waals surface area contributed by atoms with Crippen LogP contribution in [0.15, 0.2) is 52.6 Å². The summed E-state index contributed by atoms with van der Waals surface area (Å²) in [5.41, 5.74) is 1.90. The lowest BCUT2D eigenvalue weighted by molar-refractivity contribution is -0.137. The zero-order valence-electron chi connectivity index (χ0n) is 16.2. The zero-order chi connectivity index (χ0) is 22.0. The normalized spacial score (nSPS) is 15.1. The second-order valence-electron chi connectivity index (χ2n) is 6.82. The minimum atomic E-state index is -0.964. The van der Waals surface area contributed by atoms with Crippen molar-refractivity contribution in [1.29, 1.82) is 0 Å². The summed E-state index contributed by atoms with van der Waals surface area (Å²) in [6, 6.07) is 10.8. The summed E-state index contributed by atoms with van der Waals surface area (Å²) < 4.78 is 16.6. The highest BCUT2D eigenvalue weighted by atomic mass is 35.5. The first-order chi connectivity index (χ1) is 15.0. The van der Waals surface area contributed by atoms with Crippen LogP contribution in [0.4, 0.5) is 4.39 Å². The van der Waals surface area contributed by atoms with Gasteiger partial charge in [-0.25, -0.2) is 4.39 Å². The minimum absolute atomic E-state index is 0.0419. The first-order valence-electron chi connectivity index (χ1n) is 9.53. The Morgan fingerprint density at radius 1 is 1.19 bits per heavy atom. The van der Waals surface area contributed by atoms with Crippen LogP contribution in [-0.2, 0) is 4.79 Å². The lowest BCUT2D eigenvalue weighted by Gasteiger charge is -2.14. The van der Waals surface area contributed by atoms with Gasteiger partial charge in [-0.1, -0.05) is 35.5 Å². The maximum absolute atomic E-state index is 14.8. The van der Waals surface area contributed by atoms with Crippen molar-refractivity contribution in [2.45, 2.75) is 24.0 Å². The molecule has 0 unspecified atom stereocenters. The highest BCUT2D eigenvalue weighted by Crippen LogP contribution is 2.36. The number of carboxylic acid groups (broad SMARTS) is 1. The fourth-order valence-electron chi connectivity index (χ4n) is 3.45. The first kappa shape index (κ1) is 21.5. The molecule has 2 heterocycles. The number of aromatic nitrogens is 3. The van der Waals surface area contributed by atoms with Crippen molar-refractivity contribution in [2.24, 2.45) is 4.99 Å². The molecule has 0 spiro atoms. The maximum Gasteiger partial charge on any atom is 0.303 e. The van der Waals surface area contributed by atoms with Crippen LogP contribution in [0.5, 0.6) is 0 Å². The van der Waals surface area contributed by atoms with Gasteiger partial charge in [-0.05, 0) is 36.8 Å². The molecule has 0 saturated carbocycles. The van der Waals surface area contributed by atoms with Gasteiger partial charge in [-0.15, -0.1) is 10.2 Å². The van der Waals surface area contributed by atoms with Gasteiger partial charge in [0.1, 0.15) is 11.9 Å². The molecule has 4 rings (SSSR count). The summed E-state index contributed by atoms with van der Waals surface area (Å²) in [5, 5.41) is 28.0. The van der Waals surface area contributed by atoms with Gasteiger partial charge in [-0.3, -0.25) is 14.4 Å². The fourth-order valence-corrected chi connectivity index (χ4v) is 4.32. The van der Waals surface area contributed by atoms with E-state index in [9.17, 15) is 19.4 Å². The number of aliphatic hydroxyl groups is 1. The van der Waals surface area contributed by atoms with Crippen molar-refractivity contribution in [3.63, 3.8) is 0 Å². The summed E-state index contributed by atoms with van der Waals surface area (Å²) in [6.07, 6.45) is 0.0274. The number of aliphatic imine (C=N–C) groups is 1. The van der Waals surface area contributed by atoms with Gasteiger partial charge in [0.25, 0.3) is 0 Å². The van der Waals surface area contributed by atoms with E-state index in [1.807, 2.05) is 0 Å². The number of aliphatic carboxylic acids is 1. The van der Waals surface area contributed by atoms with Crippen molar-refractivity contribution in [1.82, 2.24) is 14.8 Å². The van der Waals surface area contributed by atoms with Gasteiger partial charge in [0.15, 0.2) is 11.0 Å². The Morgan fingerprint density at radius 3 is 2.74 bits per heavy atom. The third kappa shape index (κ3) is 4.34. The largest absolute Gasteiger partial charge is 0.481 e. The smallest absolute Gasteiger partial charge is 0.303 e. The summed E-state index contributed by atoms with van der Waals surface area (Å²) in [7, 11) is 0. The third-order valence-electron chi connectivity index (χ3n) is 4.78. The monoisotopic (exact) mass is 460 g/mol. The predicted molar refractivity (Wildman–Crippen MR) is 116 cm³/mol. The molecule has 3 aromatic rings. The number of aliphatic hydroxyl groups excluding tert-OH is 1. The van der Waals surface area contributed by atoms with Crippen molar-refractivity contribution in [3.8, 4) is 5.69 Å². The number of fused-ring (bicyclic) bond motifs is 3. The Hall–Kier alpha value is -2.75. The lowest BCUT2D eigenvalue weighted by Crippen LogP contribution is -2.10. The number of hydrogen-bond donors (Lipinski definition) is 2. The molecule has 2 N–H and O–H groups in total. The number of rotatable bonds is 7. The number of nitrogens with zero attached hydrogens (tertiary/aromatic N) is 4. The van der Waals surface area contributed by atoms with Gasteiger partial charge in [0.05, 0.1) is 18.0 Å². The summed E-state index contributed by atoms with van der Waals surface area (Å²) >= 11 is 7.59. The number of hydrogen-bond acceptors (Lipinski definition) is 6. The average Bonchev–Trinajstić information content (AvgIpc) is 3.11. The van der Waals surface area contributed by atoms with E-state index in [-0.39, 0.29) is 25.0 Å². The lowest BCUT2D eigenvalue weighted by atomic mass is 10.00. The van der Waals surface area contributed by atoms with Gasteiger partial charge < -0.3 is 10.2 Å². The second-order valence-corrected chi connectivity index (χ2v) is 8.31. The SMILES string of the molecule is O=C(O)CC[C@@H]1N=C(c2ccccc2F)c2cc(Cl)ccc2-n2c(SCCO)nnc21. The van der Waals surface area contributed by atoms with Crippen molar-refractivity contribution in [3.05, 3.63) is 70.3 Å². The predicted octanol–water partition coefficient (Wildman–Crippen LogP) is 3.90. The molecule has 10 heteroatoms. The van der Waals surface area contributed by atoms with E-state index in [1.165, 1.54) is 17.8 Å². The Morgan fingerprint density at radius 2 is 2.00 bits per heavy atom. The highest BCUT2D eigenvalue weighted by Gasteiger charge is 2.30. The van der Waals surface area contributed by atoms with Gasteiger partial charge >= 0.3 is 5.97 Å².